The zero-order valence-corrected chi connectivity index (χ0v) is 14.3. The molecule has 3 rings (SSSR count). The monoisotopic (exact) mass is 350 g/mol. The van der Waals surface area contributed by atoms with E-state index in [1.807, 2.05) is 19.1 Å². The predicted octanol–water partition coefficient (Wildman–Crippen LogP) is 4.35. The number of aromatic nitrogens is 1. The van der Waals surface area contributed by atoms with E-state index in [0.717, 1.165) is 31.6 Å². The number of benzene rings is 1. The Balaban J connectivity index is 1.73. The standard InChI is InChI=1S/C18H20ClFN2O2/c1-12-4-7-17(23-11-13-3-2-8-21-10-13)18(22-12)24-14-5-6-15(19)16(20)9-14/h4-7,9,13,21H,2-3,8,10-11H2,1H3/t13-/m0/s1. The summed E-state index contributed by atoms with van der Waals surface area (Å²) in [5, 5.41) is 3.42. The van der Waals surface area contributed by atoms with Crippen molar-refractivity contribution in [1.29, 1.82) is 0 Å². The Hall–Kier alpha value is -1.85. The summed E-state index contributed by atoms with van der Waals surface area (Å²) in [6, 6.07) is 7.99. The molecule has 1 N–H and O–H groups in total. The number of halogens is 2. The van der Waals surface area contributed by atoms with Gasteiger partial charge < -0.3 is 14.8 Å². The molecule has 24 heavy (non-hydrogen) atoms. The van der Waals surface area contributed by atoms with Crippen LogP contribution in [0.15, 0.2) is 30.3 Å². The van der Waals surface area contributed by atoms with Crippen LogP contribution in [0.3, 0.4) is 0 Å². The summed E-state index contributed by atoms with van der Waals surface area (Å²) >= 11 is 5.70. The van der Waals surface area contributed by atoms with Crippen molar-refractivity contribution in [1.82, 2.24) is 10.3 Å². The molecule has 0 amide bonds. The first-order valence-corrected chi connectivity index (χ1v) is 8.43. The fraction of sp³-hybridized carbons (Fsp3) is 0.389. The summed E-state index contributed by atoms with van der Waals surface area (Å²) in [4.78, 5) is 4.37. The smallest absolute Gasteiger partial charge is 0.262 e. The molecule has 0 unspecified atom stereocenters. The molecule has 1 aliphatic rings. The Morgan fingerprint density at radius 1 is 1.33 bits per heavy atom. The minimum Gasteiger partial charge on any atom is -0.488 e. The first-order valence-electron chi connectivity index (χ1n) is 8.06. The summed E-state index contributed by atoms with van der Waals surface area (Å²) in [6.07, 6.45) is 2.30. The fourth-order valence-electron chi connectivity index (χ4n) is 2.63. The van der Waals surface area contributed by atoms with Crippen LogP contribution in [0.25, 0.3) is 0 Å². The molecule has 0 aliphatic carbocycles. The Bertz CT molecular complexity index is 705. The quantitative estimate of drug-likeness (QED) is 0.870. The average molecular weight is 351 g/mol. The van der Waals surface area contributed by atoms with Crippen molar-refractivity contribution in [2.24, 2.45) is 5.92 Å². The lowest BCUT2D eigenvalue weighted by atomic mass is 10.0. The van der Waals surface area contributed by atoms with E-state index in [9.17, 15) is 4.39 Å². The third-order valence-electron chi connectivity index (χ3n) is 3.94. The molecule has 2 aromatic rings. The van der Waals surface area contributed by atoms with Gasteiger partial charge in [0, 0.05) is 24.2 Å². The Kier molecular flexibility index (Phi) is 5.53. The van der Waals surface area contributed by atoms with Gasteiger partial charge >= 0.3 is 0 Å². The second-order valence-electron chi connectivity index (χ2n) is 5.96. The van der Waals surface area contributed by atoms with Crippen LogP contribution in [0.5, 0.6) is 17.4 Å². The van der Waals surface area contributed by atoms with Crippen molar-refractivity contribution < 1.29 is 13.9 Å². The van der Waals surface area contributed by atoms with Gasteiger partial charge in [-0.1, -0.05) is 11.6 Å². The highest BCUT2D eigenvalue weighted by Gasteiger charge is 2.16. The number of ether oxygens (including phenoxy) is 2. The molecular formula is C18H20ClFN2O2. The number of rotatable bonds is 5. The van der Waals surface area contributed by atoms with Crippen LogP contribution in [0.1, 0.15) is 18.5 Å². The molecule has 1 fully saturated rings. The summed E-state index contributed by atoms with van der Waals surface area (Å²) < 4.78 is 25.2. The second kappa shape index (κ2) is 7.81. The molecule has 1 saturated heterocycles. The topological polar surface area (TPSA) is 43.4 Å². The lowest BCUT2D eigenvalue weighted by molar-refractivity contribution is 0.211. The number of pyridine rings is 1. The van der Waals surface area contributed by atoms with Crippen LogP contribution in [0.4, 0.5) is 4.39 Å². The van der Waals surface area contributed by atoms with Gasteiger partial charge in [-0.2, -0.15) is 0 Å². The van der Waals surface area contributed by atoms with E-state index in [2.05, 4.69) is 10.3 Å². The minimum atomic E-state index is -0.530. The highest BCUT2D eigenvalue weighted by Crippen LogP contribution is 2.31. The maximum Gasteiger partial charge on any atom is 0.262 e. The van der Waals surface area contributed by atoms with E-state index in [0.29, 0.717) is 29.9 Å². The molecule has 0 bridgehead atoms. The number of aryl methyl sites for hydroxylation is 1. The lowest BCUT2D eigenvalue weighted by Gasteiger charge is -2.23. The van der Waals surface area contributed by atoms with E-state index in [1.165, 1.54) is 12.1 Å². The van der Waals surface area contributed by atoms with Gasteiger partial charge in [0.2, 0.25) is 0 Å². The van der Waals surface area contributed by atoms with Crippen molar-refractivity contribution in [2.45, 2.75) is 19.8 Å². The molecule has 4 nitrogen and oxygen atoms in total. The molecular weight excluding hydrogens is 331 g/mol. The van der Waals surface area contributed by atoms with Crippen LogP contribution >= 0.6 is 11.6 Å². The summed E-state index contributed by atoms with van der Waals surface area (Å²) in [6.45, 7) is 4.49. The summed E-state index contributed by atoms with van der Waals surface area (Å²) in [7, 11) is 0. The number of hydrogen-bond donors (Lipinski definition) is 1. The van der Waals surface area contributed by atoms with Gasteiger partial charge in [-0.15, -0.1) is 0 Å². The van der Waals surface area contributed by atoms with E-state index in [1.54, 1.807) is 6.07 Å². The van der Waals surface area contributed by atoms with Crippen LogP contribution in [-0.2, 0) is 0 Å². The van der Waals surface area contributed by atoms with E-state index < -0.39 is 5.82 Å². The Morgan fingerprint density at radius 3 is 2.96 bits per heavy atom. The normalized spacial score (nSPS) is 17.5. The molecule has 2 heterocycles. The van der Waals surface area contributed by atoms with Gasteiger partial charge in [0.05, 0.1) is 11.6 Å². The molecule has 1 aromatic carbocycles. The van der Waals surface area contributed by atoms with Crippen LogP contribution in [0.2, 0.25) is 5.02 Å². The molecule has 1 atom stereocenters. The molecule has 1 aliphatic heterocycles. The average Bonchev–Trinajstić information content (AvgIpc) is 2.58. The first kappa shape index (κ1) is 17.0. The summed E-state index contributed by atoms with van der Waals surface area (Å²) in [5.41, 5.74) is 0.797. The predicted molar refractivity (Wildman–Crippen MR) is 91.5 cm³/mol. The van der Waals surface area contributed by atoms with Gasteiger partial charge in [-0.05, 0) is 50.6 Å². The zero-order chi connectivity index (χ0) is 16.9. The van der Waals surface area contributed by atoms with Crippen LogP contribution in [0, 0.1) is 18.7 Å². The molecule has 0 spiro atoms. The van der Waals surface area contributed by atoms with Crippen molar-refractivity contribution in [3.63, 3.8) is 0 Å². The highest BCUT2D eigenvalue weighted by atomic mass is 35.5. The van der Waals surface area contributed by atoms with Gasteiger partial charge in [0.25, 0.3) is 5.88 Å². The second-order valence-corrected chi connectivity index (χ2v) is 6.36. The molecule has 6 heteroatoms. The van der Waals surface area contributed by atoms with Crippen LogP contribution in [-0.4, -0.2) is 24.7 Å². The van der Waals surface area contributed by atoms with Crippen molar-refractivity contribution >= 4 is 11.6 Å². The number of piperidine rings is 1. The van der Waals surface area contributed by atoms with Crippen molar-refractivity contribution in [3.05, 3.63) is 46.9 Å². The molecule has 0 saturated carbocycles. The van der Waals surface area contributed by atoms with E-state index >= 15 is 0 Å². The zero-order valence-electron chi connectivity index (χ0n) is 13.5. The SMILES string of the molecule is Cc1ccc(OC[C@H]2CCCNC2)c(Oc2ccc(Cl)c(F)c2)n1. The van der Waals surface area contributed by atoms with E-state index in [4.69, 9.17) is 21.1 Å². The maximum absolute atomic E-state index is 13.6. The molecule has 1 aromatic heterocycles. The van der Waals surface area contributed by atoms with Gasteiger partial charge in [-0.25, -0.2) is 9.37 Å². The maximum atomic E-state index is 13.6. The minimum absolute atomic E-state index is 0.0563. The van der Waals surface area contributed by atoms with Crippen LogP contribution < -0.4 is 14.8 Å². The number of hydrogen-bond acceptors (Lipinski definition) is 4. The van der Waals surface area contributed by atoms with E-state index in [-0.39, 0.29) is 5.02 Å². The number of nitrogens with one attached hydrogen (secondary N) is 1. The first-order chi connectivity index (χ1) is 11.6. The van der Waals surface area contributed by atoms with Crippen molar-refractivity contribution in [3.8, 4) is 17.4 Å². The molecule has 0 radical (unpaired) electrons. The third-order valence-corrected chi connectivity index (χ3v) is 4.25. The van der Waals surface area contributed by atoms with Gasteiger partial charge in [0.1, 0.15) is 11.6 Å². The fourth-order valence-corrected chi connectivity index (χ4v) is 2.75. The van der Waals surface area contributed by atoms with Crippen molar-refractivity contribution in [2.75, 3.05) is 19.7 Å². The highest BCUT2D eigenvalue weighted by molar-refractivity contribution is 6.30. The van der Waals surface area contributed by atoms with Gasteiger partial charge in [-0.3, -0.25) is 0 Å². The van der Waals surface area contributed by atoms with Gasteiger partial charge in [0.15, 0.2) is 5.75 Å². The summed E-state index contributed by atoms with van der Waals surface area (Å²) in [5.74, 6) is 1.17. The third kappa shape index (κ3) is 4.36. The largest absolute Gasteiger partial charge is 0.488 e. The Labute approximate surface area is 146 Å². The lowest BCUT2D eigenvalue weighted by Crippen LogP contribution is -2.33. The Morgan fingerprint density at radius 2 is 2.21 bits per heavy atom. The number of nitrogens with zero attached hydrogens (tertiary/aromatic N) is 1. The molecule has 128 valence electrons.